The van der Waals surface area contributed by atoms with Crippen LogP contribution in [-0.4, -0.2) is 41.0 Å². The molecule has 0 radical (unpaired) electrons. The first kappa shape index (κ1) is 37.1. The first-order valence-corrected chi connectivity index (χ1v) is 12.9. The van der Waals surface area contributed by atoms with Crippen molar-refractivity contribution in [2.24, 2.45) is 5.73 Å². The van der Waals surface area contributed by atoms with Gasteiger partial charge in [0.2, 0.25) is 0 Å². The van der Waals surface area contributed by atoms with E-state index in [-0.39, 0.29) is 63.7 Å². The zero-order valence-electron chi connectivity index (χ0n) is 21.8. The van der Waals surface area contributed by atoms with Crippen molar-refractivity contribution in [3.63, 3.8) is 0 Å². The molecule has 0 spiro atoms. The molecule has 0 aliphatic rings. The SMILES string of the molecule is CCOC(=O)C([O-])/C=C/C#N.CCOC(=O)c1cc(N)n(-c2cccc(Br)c2)n1.NCc1cccc(Br)c1.[K+]. The van der Waals surface area contributed by atoms with Crippen molar-refractivity contribution in [3.8, 4) is 11.8 Å². The molecule has 1 heterocycles. The van der Waals surface area contributed by atoms with Gasteiger partial charge in [0.1, 0.15) is 5.82 Å². The van der Waals surface area contributed by atoms with Crippen LogP contribution in [-0.2, 0) is 20.8 Å². The van der Waals surface area contributed by atoms with E-state index in [0.717, 1.165) is 32.3 Å². The van der Waals surface area contributed by atoms with E-state index < -0.39 is 18.0 Å². The number of aromatic nitrogens is 2. The Hall–Kier alpha value is -1.86. The van der Waals surface area contributed by atoms with E-state index in [2.05, 4.69) is 41.7 Å². The van der Waals surface area contributed by atoms with Crippen molar-refractivity contribution in [3.05, 3.63) is 87.0 Å². The number of ether oxygens (including phenoxy) is 2. The Morgan fingerprint density at radius 2 is 1.72 bits per heavy atom. The normalized spacial score (nSPS) is 10.5. The molecule has 3 rings (SSSR count). The van der Waals surface area contributed by atoms with E-state index in [0.29, 0.717) is 19.0 Å². The van der Waals surface area contributed by atoms with Crippen LogP contribution in [0.1, 0.15) is 29.9 Å². The number of allylic oxidation sites excluding steroid dienone is 1. The summed E-state index contributed by atoms with van der Waals surface area (Å²) < 4.78 is 12.8. The Kier molecular flexibility index (Phi) is 20.0. The van der Waals surface area contributed by atoms with Gasteiger partial charge >= 0.3 is 57.4 Å². The summed E-state index contributed by atoms with van der Waals surface area (Å²) in [4.78, 5) is 22.1. The fourth-order valence-corrected chi connectivity index (χ4v) is 3.45. The van der Waals surface area contributed by atoms with Crippen LogP contribution in [0.15, 0.2) is 75.7 Å². The van der Waals surface area contributed by atoms with Crippen LogP contribution in [0.5, 0.6) is 0 Å². The number of carbonyl (C=O) groups excluding carboxylic acids is 2. The van der Waals surface area contributed by atoms with Crippen molar-refractivity contribution in [2.45, 2.75) is 26.5 Å². The third-order valence-corrected chi connectivity index (χ3v) is 5.25. The number of halogens is 2. The van der Waals surface area contributed by atoms with Gasteiger partial charge in [-0.2, -0.15) is 10.4 Å². The quantitative estimate of drug-likeness (QED) is 0.206. The second-order valence-corrected chi connectivity index (χ2v) is 8.89. The third kappa shape index (κ3) is 14.4. The van der Waals surface area contributed by atoms with Gasteiger partial charge in [-0.15, -0.1) is 0 Å². The van der Waals surface area contributed by atoms with Gasteiger partial charge in [-0.25, -0.2) is 9.48 Å². The minimum absolute atomic E-state index is 0. The van der Waals surface area contributed by atoms with Gasteiger partial charge in [-0.3, -0.25) is 4.79 Å². The molecule has 1 atom stereocenters. The molecule has 0 amide bonds. The number of benzene rings is 2. The summed E-state index contributed by atoms with van der Waals surface area (Å²) in [5.41, 5.74) is 13.4. The van der Waals surface area contributed by atoms with Gasteiger partial charge in [0.25, 0.3) is 5.97 Å². The van der Waals surface area contributed by atoms with Crippen molar-refractivity contribution >= 4 is 49.6 Å². The van der Waals surface area contributed by atoms with E-state index in [9.17, 15) is 14.7 Å². The van der Waals surface area contributed by atoms with Gasteiger partial charge < -0.3 is 26.0 Å². The summed E-state index contributed by atoms with van der Waals surface area (Å²) in [6.45, 7) is 4.45. The molecule has 202 valence electrons. The first-order valence-electron chi connectivity index (χ1n) is 11.3. The van der Waals surface area contributed by atoms with E-state index in [1.54, 1.807) is 19.9 Å². The Bertz CT molecular complexity index is 1260. The number of nitrogens with two attached hydrogens (primary N) is 2. The Morgan fingerprint density at radius 3 is 2.23 bits per heavy atom. The number of hydrogen-bond donors (Lipinski definition) is 2. The van der Waals surface area contributed by atoms with E-state index >= 15 is 0 Å². The largest absolute Gasteiger partial charge is 1.00 e. The number of rotatable bonds is 7. The second kappa shape index (κ2) is 21.0. The molecule has 39 heavy (non-hydrogen) atoms. The van der Waals surface area contributed by atoms with Crippen molar-refractivity contribution in [1.29, 1.82) is 5.26 Å². The molecule has 1 aromatic heterocycles. The second-order valence-electron chi connectivity index (χ2n) is 7.06. The molecule has 0 aliphatic carbocycles. The topological polar surface area (TPSA) is 169 Å². The van der Waals surface area contributed by atoms with Gasteiger partial charge in [-0.1, -0.05) is 56.1 Å². The predicted molar refractivity (Wildman–Crippen MR) is 149 cm³/mol. The zero-order chi connectivity index (χ0) is 28.5. The average Bonchev–Trinajstić information content (AvgIpc) is 3.30. The van der Waals surface area contributed by atoms with Crippen LogP contribution in [0.2, 0.25) is 0 Å². The molecule has 13 heteroatoms. The first-order chi connectivity index (χ1) is 18.2. The molecule has 0 saturated heterocycles. The summed E-state index contributed by atoms with van der Waals surface area (Å²) in [5.74, 6) is -0.937. The predicted octanol–water partition coefficient (Wildman–Crippen LogP) is 0.664. The molecule has 0 bridgehead atoms. The molecular formula is C26H28Br2KN5O5. The number of hydrogen-bond acceptors (Lipinski definition) is 9. The van der Waals surface area contributed by atoms with Crippen LogP contribution >= 0.6 is 31.9 Å². The summed E-state index contributed by atoms with van der Waals surface area (Å²) in [6.07, 6.45) is 0.349. The minimum atomic E-state index is -1.57. The standard InChI is InChI=1S/C12H12BrN3O2.C7H8BrN.C7H8NO3.K/c1-2-18-12(17)10-7-11(14)16(15-10)9-5-3-4-8(13)6-9;8-7-3-1-2-6(4-7)5-9;1-2-11-7(10)6(9)4-3-5-8;/h3-7H,2,14H2,1H3;1-4H,5,9H2;3-4,6H,2H2,1H3;/q;;-1;+1/b;;4-3+;. The van der Waals surface area contributed by atoms with E-state index in [1.165, 1.54) is 10.7 Å². The zero-order valence-corrected chi connectivity index (χ0v) is 28.1. The Labute approximate surface area is 287 Å². The van der Waals surface area contributed by atoms with Crippen LogP contribution in [0.25, 0.3) is 5.69 Å². The van der Waals surface area contributed by atoms with Gasteiger partial charge in [0, 0.05) is 27.6 Å². The molecule has 0 fully saturated rings. The number of nitrogen functional groups attached to an aromatic ring is 1. The average molecular weight is 689 g/mol. The maximum atomic E-state index is 11.5. The summed E-state index contributed by atoms with van der Waals surface area (Å²) in [5, 5.41) is 22.8. The number of nitrogens with zero attached hydrogens (tertiary/aromatic N) is 3. The van der Waals surface area contributed by atoms with E-state index in [1.807, 2.05) is 48.5 Å². The van der Waals surface area contributed by atoms with Crippen LogP contribution in [0.4, 0.5) is 5.82 Å². The number of carbonyl (C=O) groups is 2. The minimum Gasteiger partial charge on any atom is -0.841 e. The van der Waals surface area contributed by atoms with Gasteiger partial charge in [0.05, 0.1) is 25.0 Å². The maximum Gasteiger partial charge on any atom is 1.00 e. The number of esters is 2. The number of nitriles is 1. The molecule has 1 unspecified atom stereocenters. The fraction of sp³-hybridized carbons (Fsp3) is 0.231. The molecule has 3 aromatic rings. The van der Waals surface area contributed by atoms with E-state index in [4.69, 9.17) is 21.5 Å². The molecule has 10 nitrogen and oxygen atoms in total. The van der Waals surface area contributed by atoms with Gasteiger partial charge in [0.15, 0.2) is 5.69 Å². The molecule has 4 N–H and O–H groups in total. The van der Waals surface area contributed by atoms with Crippen LogP contribution in [0.3, 0.4) is 0 Å². The summed E-state index contributed by atoms with van der Waals surface area (Å²) in [7, 11) is 0. The van der Waals surface area contributed by atoms with Crippen molar-refractivity contribution in [1.82, 2.24) is 9.78 Å². The summed E-state index contributed by atoms with van der Waals surface area (Å²) in [6, 6.07) is 18.6. The van der Waals surface area contributed by atoms with Crippen LogP contribution in [0, 0.1) is 11.3 Å². The molecule has 0 aliphatic heterocycles. The Balaban J connectivity index is 0.000000594. The van der Waals surface area contributed by atoms with Crippen molar-refractivity contribution < 1.29 is 75.6 Å². The smallest absolute Gasteiger partial charge is 0.841 e. The Morgan fingerprint density at radius 1 is 1.10 bits per heavy atom. The molecular weight excluding hydrogens is 661 g/mol. The van der Waals surface area contributed by atoms with Crippen molar-refractivity contribution in [2.75, 3.05) is 18.9 Å². The summed E-state index contributed by atoms with van der Waals surface area (Å²) >= 11 is 6.72. The molecule has 0 saturated carbocycles. The maximum absolute atomic E-state index is 11.5. The fourth-order valence-electron chi connectivity index (χ4n) is 2.61. The number of anilines is 1. The van der Waals surface area contributed by atoms with Crippen LogP contribution < -0.4 is 68.0 Å². The monoisotopic (exact) mass is 687 g/mol. The molecule has 2 aromatic carbocycles. The third-order valence-electron chi connectivity index (χ3n) is 4.26. The van der Waals surface area contributed by atoms with Gasteiger partial charge in [-0.05, 0) is 55.8 Å².